The van der Waals surface area contributed by atoms with Crippen LogP contribution in [0.15, 0.2) is 30.3 Å². The Kier molecular flexibility index (Phi) is 24.7. The van der Waals surface area contributed by atoms with Gasteiger partial charge in [-0.3, -0.25) is 28.8 Å². The molecule has 1 unspecified atom stereocenters. The van der Waals surface area contributed by atoms with Gasteiger partial charge >= 0.3 is 0 Å². The molecule has 1 aromatic rings. The number of hydrogen-bond donors (Lipinski definition) is 7. The Morgan fingerprint density at radius 3 is 1.57 bits per heavy atom. The standard InChI is InChI=1S/C41H69N5O8/c1-7-8-9-10-11-12-13-14-15-16-17-18-22-25-35(50)45-37(31(6)49)41(54)46-36(28(2)3)40(53)43-33(26-32-23-20-19-21-24-32)39(52)42-29(4)38(51)44-34(27-47)30(5)48/h19-21,23-24,28-29,31,33-34,36-37,47,49H,7-18,22,25-27H2,1-6H3,(H,42,52)(H,43,53)(H,44,51)(H,45,50)(H,46,54)/t29-,31+,33-,34-,36-,37?/m0/s1. The van der Waals surface area contributed by atoms with Crippen LogP contribution in [0.1, 0.15) is 137 Å². The van der Waals surface area contributed by atoms with E-state index in [2.05, 4.69) is 33.5 Å². The summed E-state index contributed by atoms with van der Waals surface area (Å²) < 4.78 is 0. The van der Waals surface area contributed by atoms with E-state index in [0.717, 1.165) is 24.8 Å². The van der Waals surface area contributed by atoms with Crippen LogP contribution in [0.2, 0.25) is 0 Å². The Bertz CT molecular complexity index is 1280. The molecule has 6 atom stereocenters. The SMILES string of the molecule is CCCCCCCCCCCCCCCC(=O)NC(C(=O)N[C@H](C(=O)N[C@@H](Cc1ccccc1)C(=O)N[C@@H](C)C(=O)N[C@@H](CO)C(C)=O)C(C)C)[C@@H](C)O. The Balaban J connectivity index is 2.77. The van der Waals surface area contributed by atoms with Gasteiger partial charge in [0.2, 0.25) is 29.5 Å². The maximum absolute atomic E-state index is 13.7. The lowest BCUT2D eigenvalue weighted by Crippen LogP contribution is -2.61. The molecule has 0 aliphatic carbocycles. The Hall–Kier alpha value is -3.84. The zero-order valence-corrected chi connectivity index (χ0v) is 33.6. The number of unbranched alkanes of at least 4 members (excludes halogenated alkanes) is 12. The monoisotopic (exact) mass is 760 g/mol. The summed E-state index contributed by atoms with van der Waals surface area (Å²) in [4.78, 5) is 77.6. The summed E-state index contributed by atoms with van der Waals surface area (Å²) in [6.45, 7) is 9.06. The lowest BCUT2D eigenvalue weighted by atomic mass is 10.00. The first-order valence-electron chi connectivity index (χ1n) is 20.1. The second kappa shape index (κ2) is 27.7. The average Bonchev–Trinajstić information content (AvgIpc) is 3.13. The minimum atomic E-state index is -1.30. The van der Waals surface area contributed by atoms with Crippen LogP contribution in [0.4, 0.5) is 0 Å². The van der Waals surface area contributed by atoms with Gasteiger partial charge in [0.25, 0.3) is 0 Å². The minimum Gasteiger partial charge on any atom is -0.394 e. The molecule has 0 bridgehead atoms. The maximum Gasteiger partial charge on any atom is 0.245 e. The van der Waals surface area contributed by atoms with Crippen LogP contribution in [0.3, 0.4) is 0 Å². The Labute approximate surface area is 323 Å². The number of aliphatic hydroxyl groups is 2. The van der Waals surface area contributed by atoms with E-state index in [4.69, 9.17) is 0 Å². The molecule has 5 amide bonds. The van der Waals surface area contributed by atoms with Crippen molar-refractivity contribution >= 4 is 35.3 Å². The van der Waals surface area contributed by atoms with Crippen molar-refractivity contribution in [3.63, 3.8) is 0 Å². The van der Waals surface area contributed by atoms with Crippen LogP contribution in [0.5, 0.6) is 0 Å². The predicted octanol–water partition coefficient (Wildman–Crippen LogP) is 3.77. The molecule has 0 aromatic heterocycles. The molecule has 7 N–H and O–H groups in total. The molecule has 54 heavy (non-hydrogen) atoms. The molecular weight excluding hydrogens is 690 g/mol. The van der Waals surface area contributed by atoms with Gasteiger partial charge in [-0.05, 0) is 38.7 Å². The fraction of sp³-hybridized carbons (Fsp3) is 0.707. The predicted molar refractivity (Wildman–Crippen MR) is 210 cm³/mol. The van der Waals surface area contributed by atoms with Gasteiger partial charge in [-0.25, -0.2) is 0 Å². The molecule has 0 aliphatic heterocycles. The van der Waals surface area contributed by atoms with Gasteiger partial charge in [0, 0.05) is 12.8 Å². The smallest absolute Gasteiger partial charge is 0.245 e. The van der Waals surface area contributed by atoms with E-state index >= 15 is 0 Å². The molecule has 0 saturated carbocycles. The van der Waals surface area contributed by atoms with Crippen LogP contribution < -0.4 is 26.6 Å². The average molecular weight is 760 g/mol. The highest BCUT2D eigenvalue weighted by Crippen LogP contribution is 2.13. The largest absolute Gasteiger partial charge is 0.394 e. The molecule has 0 spiro atoms. The van der Waals surface area contributed by atoms with Crippen LogP contribution in [0.25, 0.3) is 0 Å². The number of rotatable bonds is 29. The lowest BCUT2D eigenvalue weighted by Gasteiger charge is -2.28. The van der Waals surface area contributed by atoms with Gasteiger partial charge in [-0.15, -0.1) is 0 Å². The summed E-state index contributed by atoms with van der Waals surface area (Å²) >= 11 is 0. The number of nitrogens with one attached hydrogen (secondary N) is 5. The first kappa shape index (κ1) is 48.2. The zero-order valence-electron chi connectivity index (χ0n) is 33.6. The van der Waals surface area contributed by atoms with E-state index in [1.165, 1.54) is 78.6 Å². The van der Waals surface area contributed by atoms with Crippen molar-refractivity contribution in [2.45, 2.75) is 174 Å². The highest BCUT2D eigenvalue weighted by atomic mass is 16.3. The quantitative estimate of drug-likeness (QED) is 0.0598. The fourth-order valence-electron chi connectivity index (χ4n) is 6.00. The third-order valence-electron chi connectivity index (χ3n) is 9.49. The highest BCUT2D eigenvalue weighted by Gasteiger charge is 2.34. The molecule has 0 aliphatic rings. The van der Waals surface area contributed by atoms with Gasteiger partial charge in [0.1, 0.15) is 30.2 Å². The van der Waals surface area contributed by atoms with Crippen LogP contribution in [0, 0.1) is 5.92 Å². The van der Waals surface area contributed by atoms with E-state index in [-0.39, 0.29) is 18.7 Å². The third kappa shape index (κ3) is 20.0. The lowest BCUT2D eigenvalue weighted by molar-refractivity contribution is -0.136. The third-order valence-corrected chi connectivity index (χ3v) is 9.49. The normalized spacial score (nSPS) is 14.5. The maximum atomic E-state index is 13.7. The number of carbonyl (C=O) groups is 6. The molecule has 13 nitrogen and oxygen atoms in total. The van der Waals surface area contributed by atoms with Gasteiger partial charge in [-0.2, -0.15) is 0 Å². The first-order chi connectivity index (χ1) is 25.7. The first-order valence-corrected chi connectivity index (χ1v) is 20.1. The molecule has 0 radical (unpaired) electrons. The summed E-state index contributed by atoms with van der Waals surface area (Å²) in [5.74, 6) is -4.06. The van der Waals surface area contributed by atoms with Crippen molar-refractivity contribution in [2.24, 2.45) is 5.92 Å². The number of amides is 5. The van der Waals surface area contributed by atoms with Crippen molar-refractivity contribution in [3.8, 4) is 0 Å². The molecule has 13 heteroatoms. The summed E-state index contributed by atoms with van der Waals surface area (Å²) in [5.41, 5.74) is 0.720. The van der Waals surface area contributed by atoms with E-state index in [9.17, 15) is 39.0 Å². The number of hydrogen-bond acceptors (Lipinski definition) is 8. The van der Waals surface area contributed by atoms with Crippen molar-refractivity contribution in [1.29, 1.82) is 0 Å². The second-order valence-corrected chi connectivity index (χ2v) is 14.8. The Morgan fingerprint density at radius 1 is 0.593 bits per heavy atom. The second-order valence-electron chi connectivity index (χ2n) is 14.8. The molecule has 0 fully saturated rings. The summed E-state index contributed by atoms with van der Waals surface area (Å²) in [7, 11) is 0. The van der Waals surface area contributed by atoms with Crippen molar-refractivity contribution in [1.82, 2.24) is 26.6 Å². The van der Waals surface area contributed by atoms with Gasteiger partial charge in [-0.1, -0.05) is 128 Å². The molecule has 1 rings (SSSR count). The van der Waals surface area contributed by atoms with Gasteiger partial charge in [0.15, 0.2) is 5.78 Å². The van der Waals surface area contributed by atoms with Gasteiger partial charge < -0.3 is 36.8 Å². The highest BCUT2D eigenvalue weighted by molar-refractivity contribution is 5.96. The van der Waals surface area contributed by atoms with Crippen LogP contribution >= 0.6 is 0 Å². The molecule has 306 valence electrons. The number of ketones is 1. The molecule has 0 saturated heterocycles. The topological polar surface area (TPSA) is 203 Å². The van der Waals surface area contributed by atoms with Crippen LogP contribution in [-0.2, 0) is 35.2 Å². The number of aliphatic hydroxyl groups excluding tert-OH is 2. The molecular formula is C41H69N5O8. The molecule has 1 aromatic carbocycles. The van der Waals surface area contributed by atoms with E-state index in [1.54, 1.807) is 44.2 Å². The van der Waals surface area contributed by atoms with Crippen molar-refractivity contribution in [2.75, 3.05) is 6.61 Å². The zero-order chi connectivity index (χ0) is 40.5. The fourth-order valence-corrected chi connectivity index (χ4v) is 6.00. The minimum absolute atomic E-state index is 0.0593. The molecule has 0 heterocycles. The van der Waals surface area contributed by atoms with E-state index in [1.807, 2.05) is 0 Å². The number of benzene rings is 1. The summed E-state index contributed by atoms with van der Waals surface area (Å²) in [6, 6.07) is 3.07. The Morgan fingerprint density at radius 2 is 1.09 bits per heavy atom. The number of Topliss-reactive ketones (excluding diaryl/α,β-unsaturated/α-hetero) is 1. The number of carbonyl (C=O) groups excluding carboxylic acids is 6. The summed E-state index contributed by atoms with van der Waals surface area (Å²) in [6.07, 6.45) is 14.4. The van der Waals surface area contributed by atoms with Crippen molar-refractivity contribution < 1.29 is 39.0 Å². The van der Waals surface area contributed by atoms with E-state index in [0.29, 0.717) is 6.42 Å². The van der Waals surface area contributed by atoms with E-state index < -0.39 is 78.2 Å². The van der Waals surface area contributed by atoms with Crippen molar-refractivity contribution in [3.05, 3.63) is 35.9 Å². The van der Waals surface area contributed by atoms with Gasteiger partial charge in [0.05, 0.1) is 12.7 Å². The summed E-state index contributed by atoms with van der Waals surface area (Å²) in [5, 5.41) is 32.7. The van der Waals surface area contributed by atoms with Crippen LogP contribution in [-0.4, -0.2) is 88.5 Å².